The Morgan fingerprint density at radius 1 is 1.13 bits per heavy atom. The molecule has 4 nitrogen and oxygen atoms in total. The van der Waals surface area contributed by atoms with Crippen molar-refractivity contribution in [3.63, 3.8) is 0 Å². The number of benzene rings is 1. The lowest BCUT2D eigenvalue weighted by Gasteiger charge is -1.83. The van der Waals surface area contributed by atoms with Crippen LogP contribution in [-0.2, 0) is 6.42 Å². The summed E-state index contributed by atoms with van der Waals surface area (Å²) in [6, 6.07) is 12.0. The normalized spacial score (nSPS) is 9.13. The summed E-state index contributed by atoms with van der Waals surface area (Å²) in [4.78, 5) is 0.727. The highest BCUT2D eigenvalue weighted by molar-refractivity contribution is 4.99. The molecule has 0 aliphatic heterocycles. The molecule has 15 heavy (non-hydrogen) atoms. The van der Waals surface area contributed by atoms with E-state index in [1.165, 1.54) is 6.20 Å². The molecule has 0 fully saturated rings. The monoisotopic (exact) mass is 205 g/mol. The maximum Gasteiger partial charge on any atom is 0.0900 e. The molecule has 0 saturated heterocycles. The first-order valence-corrected chi connectivity index (χ1v) is 4.93. The van der Waals surface area contributed by atoms with Crippen LogP contribution < -0.4 is 0 Å². The molecule has 0 atom stereocenters. The molecule has 0 aliphatic carbocycles. The minimum Gasteiger partial charge on any atom is -0.411 e. The number of aryl methyl sites for hydroxylation is 1. The van der Waals surface area contributed by atoms with Crippen molar-refractivity contribution in [3.8, 4) is 0 Å². The van der Waals surface area contributed by atoms with Crippen LogP contribution in [0.5, 0.6) is 0 Å². The number of rotatable bonds is 2. The van der Waals surface area contributed by atoms with Gasteiger partial charge in [-0.15, -0.1) is 5.10 Å². The van der Waals surface area contributed by atoms with Gasteiger partial charge in [0.1, 0.15) is 0 Å². The minimum atomic E-state index is 0.727. The van der Waals surface area contributed by atoms with Crippen LogP contribution in [0.3, 0.4) is 0 Å². The Bertz CT molecular complexity index is 332. The molecular formula is C11H15N3O. The zero-order valence-electron chi connectivity index (χ0n) is 8.74. The van der Waals surface area contributed by atoms with E-state index in [1.54, 1.807) is 0 Å². The number of hydrogen-bond donors (Lipinski definition) is 1. The second-order valence-corrected chi connectivity index (χ2v) is 3.03. The highest BCUT2D eigenvalue weighted by atomic mass is 16.5. The lowest BCUT2D eigenvalue weighted by molar-refractivity contribution is 0.143. The first-order valence-electron chi connectivity index (χ1n) is 4.93. The van der Waals surface area contributed by atoms with E-state index in [4.69, 9.17) is 5.21 Å². The Balaban J connectivity index is 0.000000162. The predicted molar refractivity (Wildman–Crippen MR) is 57.6 cm³/mol. The van der Waals surface area contributed by atoms with Crippen molar-refractivity contribution in [2.45, 2.75) is 19.8 Å². The van der Waals surface area contributed by atoms with Gasteiger partial charge >= 0.3 is 0 Å². The average Bonchev–Trinajstić information content (AvgIpc) is 2.68. The quantitative estimate of drug-likeness (QED) is 0.764. The van der Waals surface area contributed by atoms with Crippen LogP contribution in [-0.4, -0.2) is 20.4 Å². The highest BCUT2D eigenvalue weighted by Crippen LogP contribution is 1.94. The van der Waals surface area contributed by atoms with Crippen molar-refractivity contribution in [2.75, 3.05) is 0 Å². The molecule has 80 valence electrons. The fourth-order valence-corrected chi connectivity index (χ4v) is 1.04. The smallest absolute Gasteiger partial charge is 0.0900 e. The first kappa shape index (κ1) is 11.2. The highest BCUT2D eigenvalue weighted by Gasteiger charge is 1.94. The summed E-state index contributed by atoms with van der Waals surface area (Å²) in [7, 11) is 0. The van der Waals surface area contributed by atoms with Crippen LogP contribution in [0.15, 0.2) is 42.6 Å². The van der Waals surface area contributed by atoms with Crippen molar-refractivity contribution in [1.29, 1.82) is 0 Å². The van der Waals surface area contributed by atoms with Gasteiger partial charge in [0.2, 0.25) is 0 Å². The van der Waals surface area contributed by atoms with E-state index in [-0.39, 0.29) is 0 Å². The fraction of sp³-hybridized carbons (Fsp3) is 0.273. The summed E-state index contributed by atoms with van der Waals surface area (Å²) in [5, 5.41) is 15.6. The van der Waals surface area contributed by atoms with Crippen molar-refractivity contribution in [3.05, 3.63) is 48.3 Å². The summed E-state index contributed by atoms with van der Waals surface area (Å²) < 4.78 is 0. The van der Waals surface area contributed by atoms with Gasteiger partial charge in [-0.05, 0) is 11.6 Å². The van der Waals surface area contributed by atoms with E-state index in [1.807, 2.05) is 36.4 Å². The van der Waals surface area contributed by atoms with Crippen LogP contribution in [0, 0.1) is 0 Å². The molecule has 0 spiro atoms. The topological polar surface area (TPSA) is 50.9 Å². The van der Waals surface area contributed by atoms with E-state index < -0.39 is 0 Å². The summed E-state index contributed by atoms with van der Waals surface area (Å²) in [6.07, 6.45) is 3.41. The van der Waals surface area contributed by atoms with Gasteiger partial charge < -0.3 is 5.21 Å². The Morgan fingerprint density at radius 3 is 2.00 bits per heavy atom. The fourth-order valence-electron chi connectivity index (χ4n) is 1.04. The summed E-state index contributed by atoms with van der Waals surface area (Å²) in [5.41, 5.74) is 0.833. The lowest BCUT2D eigenvalue weighted by atomic mass is 10.3. The molecule has 0 aliphatic rings. The van der Waals surface area contributed by atoms with Crippen LogP contribution in [0.1, 0.15) is 19.0 Å². The number of nitrogens with zero attached hydrogens (tertiary/aromatic N) is 3. The second-order valence-electron chi connectivity index (χ2n) is 3.03. The third-order valence-electron chi connectivity index (χ3n) is 1.70. The van der Waals surface area contributed by atoms with Gasteiger partial charge in [0.15, 0.2) is 0 Å². The van der Waals surface area contributed by atoms with E-state index >= 15 is 0 Å². The molecule has 0 saturated carbocycles. The molecule has 0 amide bonds. The van der Waals surface area contributed by atoms with Gasteiger partial charge in [0, 0.05) is 0 Å². The SMILES string of the molecule is CCCc1cn(O)nn1.c1ccccc1. The Morgan fingerprint density at radius 2 is 1.67 bits per heavy atom. The summed E-state index contributed by atoms with van der Waals surface area (Å²) in [6.45, 7) is 2.05. The van der Waals surface area contributed by atoms with Crippen molar-refractivity contribution < 1.29 is 5.21 Å². The third-order valence-corrected chi connectivity index (χ3v) is 1.70. The molecule has 1 N–H and O–H groups in total. The number of hydrogen-bond acceptors (Lipinski definition) is 3. The van der Waals surface area contributed by atoms with Crippen LogP contribution in [0.2, 0.25) is 0 Å². The predicted octanol–water partition coefficient (Wildman–Crippen LogP) is 2.15. The molecule has 4 heteroatoms. The largest absolute Gasteiger partial charge is 0.411 e. The van der Waals surface area contributed by atoms with E-state index in [2.05, 4.69) is 17.2 Å². The van der Waals surface area contributed by atoms with Crippen LogP contribution in [0.25, 0.3) is 0 Å². The van der Waals surface area contributed by atoms with Crippen molar-refractivity contribution in [1.82, 2.24) is 15.2 Å². The third kappa shape index (κ3) is 4.81. The Labute approximate surface area is 89.1 Å². The summed E-state index contributed by atoms with van der Waals surface area (Å²) >= 11 is 0. The van der Waals surface area contributed by atoms with Crippen molar-refractivity contribution >= 4 is 0 Å². The molecular weight excluding hydrogens is 190 g/mol. The molecule has 1 aromatic carbocycles. The molecule has 0 radical (unpaired) electrons. The van der Waals surface area contributed by atoms with Gasteiger partial charge in [-0.2, -0.15) is 0 Å². The van der Waals surface area contributed by atoms with Gasteiger partial charge in [-0.3, -0.25) is 0 Å². The standard InChI is InChI=1S/C6H6.C5H9N3O/c1-2-4-6-5-3-1;1-2-3-5-4-8(9)7-6-5/h1-6H;4,9H,2-3H2,1H3. The van der Waals surface area contributed by atoms with Gasteiger partial charge in [0.05, 0.1) is 11.9 Å². The van der Waals surface area contributed by atoms with Gasteiger partial charge in [0.25, 0.3) is 0 Å². The van der Waals surface area contributed by atoms with Crippen LogP contribution >= 0.6 is 0 Å². The van der Waals surface area contributed by atoms with E-state index in [9.17, 15) is 0 Å². The molecule has 0 bridgehead atoms. The Kier molecular flexibility index (Phi) is 4.94. The van der Waals surface area contributed by atoms with E-state index in [0.29, 0.717) is 0 Å². The maximum absolute atomic E-state index is 8.62. The first-order chi connectivity index (χ1) is 7.33. The molecule has 1 heterocycles. The van der Waals surface area contributed by atoms with Crippen LogP contribution in [0.4, 0.5) is 0 Å². The number of aromatic nitrogens is 3. The average molecular weight is 205 g/mol. The van der Waals surface area contributed by atoms with Crippen molar-refractivity contribution in [2.24, 2.45) is 0 Å². The zero-order valence-corrected chi connectivity index (χ0v) is 8.74. The lowest BCUT2D eigenvalue weighted by Crippen LogP contribution is -1.88. The summed E-state index contributed by atoms with van der Waals surface area (Å²) in [5.74, 6) is 0. The molecule has 0 unspecified atom stereocenters. The van der Waals surface area contributed by atoms with Gasteiger partial charge in [-0.25, -0.2) is 0 Å². The maximum atomic E-state index is 8.62. The Hall–Kier alpha value is -1.84. The molecule has 1 aromatic heterocycles. The molecule has 2 aromatic rings. The van der Waals surface area contributed by atoms with E-state index in [0.717, 1.165) is 23.4 Å². The minimum absolute atomic E-state index is 0.727. The second kappa shape index (κ2) is 6.59. The van der Waals surface area contributed by atoms with Gasteiger partial charge in [-0.1, -0.05) is 54.6 Å². The molecule has 2 rings (SSSR count). The zero-order chi connectivity index (χ0) is 10.9.